The van der Waals surface area contributed by atoms with Gasteiger partial charge in [-0.2, -0.15) is 0 Å². The van der Waals surface area contributed by atoms with E-state index >= 15 is 0 Å². The molecule has 1 unspecified atom stereocenters. The van der Waals surface area contributed by atoms with Crippen LogP contribution in [0.25, 0.3) is 0 Å². The summed E-state index contributed by atoms with van der Waals surface area (Å²) in [5.41, 5.74) is 1.09. The van der Waals surface area contributed by atoms with Gasteiger partial charge in [-0.15, -0.1) is 0 Å². The van der Waals surface area contributed by atoms with Gasteiger partial charge in [0.2, 0.25) is 0 Å². The lowest BCUT2D eigenvalue weighted by atomic mass is 9.81. The third-order valence-electron chi connectivity index (χ3n) is 6.52. The van der Waals surface area contributed by atoms with E-state index in [-0.39, 0.29) is 17.4 Å². The van der Waals surface area contributed by atoms with Crippen LogP contribution < -0.4 is 5.32 Å². The molecular formula is C22H32FN3O2. The van der Waals surface area contributed by atoms with Crippen molar-refractivity contribution in [2.45, 2.75) is 69.7 Å². The Bertz CT molecular complexity index is 669. The molecule has 2 heterocycles. The number of piperidine rings is 1. The van der Waals surface area contributed by atoms with Crippen molar-refractivity contribution in [3.8, 4) is 0 Å². The van der Waals surface area contributed by atoms with E-state index in [1.807, 2.05) is 24.0 Å². The Morgan fingerprint density at radius 3 is 2.57 bits per heavy atom. The molecule has 1 spiro atoms. The van der Waals surface area contributed by atoms with Crippen molar-refractivity contribution in [1.82, 2.24) is 15.1 Å². The molecule has 2 saturated heterocycles. The zero-order chi connectivity index (χ0) is 19.6. The van der Waals surface area contributed by atoms with Crippen LogP contribution in [-0.2, 0) is 11.3 Å². The van der Waals surface area contributed by atoms with Crippen LogP contribution in [0.5, 0.6) is 0 Å². The first-order valence-electron chi connectivity index (χ1n) is 10.8. The summed E-state index contributed by atoms with van der Waals surface area (Å²) >= 11 is 0. The maximum atomic E-state index is 13.3. The number of carbonyl (C=O) groups is 1. The second-order valence-electron chi connectivity index (χ2n) is 8.53. The Labute approximate surface area is 167 Å². The number of ether oxygens (including phenoxy) is 1. The second kappa shape index (κ2) is 8.37. The first-order valence-corrected chi connectivity index (χ1v) is 10.8. The highest BCUT2D eigenvalue weighted by Gasteiger charge is 2.44. The van der Waals surface area contributed by atoms with Gasteiger partial charge in [0, 0.05) is 44.9 Å². The highest BCUT2D eigenvalue weighted by atomic mass is 19.1. The van der Waals surface area contributed by atoms with Crippen molar-refractivity contribution in [2.75, 3.05) is 26.2 Å². The van der Waals surface area contributed by atoms with E-state index in [1.54, 1.807) is 12.1 Å². The lowest BCUT2D eigenvalue weighted by Gasteiger charge is -2.48. The van der Waals surface area contributed by atoms with Crippen LogP contribution in [0.15, 0.2) is 24.3 Å². The molecule has 1 aromatic rings. The Balaban J connectivity index is 1.39. The molecule has 1 aliphatic carbocycles. The van der Waals surface area contributed by atoms with Crippen molar-refractivity contribution < 1.29 is 13.9 Å². The normalized spacial score (nSPS) is 24.5. The molecule has 4 rings (SSSR count). The Morgan fingerprint density at radius 1 is 1.21 bits per heavy atom. The number of benzene rings is 1. The first kappa shape index (κ1) is 19.6. The topological polar surface area (TPSA) is 44.8 Å². The molecule has 3 fully saturated rings. The molecule has 3 aliphatic rings. The number of likely N-dealkylation sites (tertiary alicyclic amines) is 1. The van der Waals surface area contributed by atoms with Crippen LogP contribution in [0, 0.1) is 5.82 Å². The number of carbonyl (C=O) groups excluding carboxylic acids is 1. The molecule has 28 heavy (non-hydrogen) atoms. The van der Waals surface area contributed by atoms with E-state index in [2.05, 4.69) is 10.2 Å². The molecule has 2 amide bonds. The summed E-state index contributed by atoms with van der Waals surface area (Å²) in [6.45, 7) is 5.82. The smallest absolute Gasteiger partial charge is 0.317 e. The van der Waals surface area contributed by atoms with Gasteiger partial charge in [0.15, 0.2) is 0 Å². The molecule has 1 atom stereocenters. The summed E-state index contributed by atoms with van der Waals surface area (Å²) in [5, 5.41) is 2.90. The van der Waals surface area contributed by atoms with Gasteiger partial charge in [0.25, 0.3) is 0 Å². The van der Waals surface area contributed by atoms with E-state index in [0.29, 0.717) is 18.6 Å². The molecule has 6 heteroatoms. The zero-order valence-corrected chi connectivity index (χ0v) is 16.8. The minimum atomic E-state index is -0.175. The van der Waals surface area contributed by atoms with Gasteiger partial charge in [0.1, 0.15) is 5.82 Å². The van der Waals surface area contributed by atoms with Crippen molar-refractivity contribution in [3.05, 3.63) is 35.6 Å². The molecule has 0 bridgehead atoms. The van der Waals surface area contributed by atoms with Crippen molar-refractivity contribution >= 4 is 6.03 Å². The van der Waals surface area contributed by atoms with Gasteiger partial charge in [-0.3, -0.25) is 4.90 Å². The maximum Gasteiger partial charge on any atom is 0.317 e. The van der Waals surface area contributed by atoms with Gasteiger partial charge < -0.3 is 15.0 Å². The number of hydrogen-bond donors (Lipinski definition) is 1. The summed E-state index contributed by atoms with van der Waals surface area (Å²) in [7, 11) is 0. The standard InChI is InChI=1S/C22H32FN3O2/c1-2-24-21(27)25-12-10-22(11-13-25)15-20(9-14-28-22)26(19-7-8-19)16-17-3-5-18(23)6-4-17/h3-6,19-20H,2,7-16H2,1H3,(H,24,27). The predicted octanol–water partition coefficient (Wildman–Crippen LogP) is 3.53. The zero-order valence-electron chi connectivity index (χ0n) is 16.8. The number of halogens is 1. The largest absolute Gasteiger partial charge is 0.375 e. The quantitative estimate of drug-likeness (QED) is 0.838. The number of amides is 2. The van der Waals surface area contributed by atoms with Crippen molar-refractivity contribution in [1.29, 1.82) is 0 Å². The third-order valence-corrected chi connectivity index (χ3v) is 6.52. The lowest BCUT2D eigenvalue weighted by molar-refractivity contribution is -0.131. The number of hydrogen-bond acceptors (Lipinski definition) is 3. The summed E-state index contributed by atoms with van der Waals surface area (Å²) in [4.78, 5) is 16.7. The summed E-state index contributed by atoms with van der Waals surface area (Å²) < 4.78 is 19.6. The van der Waals surface area contributed by atoms with E-state index in [4.69, 9.17) is 4.74 Å². The number of urea groups is 1. The third kappa shape index (κ3) is 4.49. The predicted molar refractivity (Wildman–Crippen MR) is 107 cm³/mol. The highest BCUT2D eigenvalue weighted by Crippen LogP contribution is 2.40. The maximum absolute atomic E-state index is 13.3. The Hall–Kier alpha value is -1.66. The van der Waals surface area contributed by atoms with Crippen molar-refractivity contribution in [3.63, 3.8) is 0 Å². The molecule has 1 aromatic carbocycles. The van der Waals surface area contributed by atoms with E-state index in [0.717, 1.165) is 51.9 Å². The van der Waals surface area contributed by atoms with Gasteiger partial charge in [0.05, 0.1) is 5.60 Å². The van der Waals surface area contributed by atoms with Crippen LogP contribution in [0.4, 0.5) is 9.18 Å². The molecule has 5 nitrogen and oxygen atoms in total. The van der Waals surface area contributed by atoms with Gasteiger partial charge >= 0.3 is 6.03 Å². The van der Waals surface area contributed by atoms with Gasteiger partial charge in [-0.1, -0.05) is 12.1 Å². The fourth-order valence-corrected chi connectivity index (χ4v) is 4.78. The summed E-state index contributed by atoms with van der Waals surface area (Å²) in [6.07, 6.45) is 6.44. The molecule has 0 radical (unpaired) electrons. The lowest BCUT2D eigenvalue weighted by Crippen LogP contribution is -2.55. The Kier molecular flexibility index (Phi) is 5.88. The SMILES string of the molecule is CCNC(=O)N1CCC2(CC1)CC(N(Cc1ccc(F)cc1)C1CC1)CCO2. The summed E-state index contributed by atoms with van der Waals surface area (Å²) in [6, 6.07) is 8.13. The highest BCUT2D eigenvalue weighted by molar-refractivity contribution is 5.74. The van der Waals surface area contributed by atoms with Gasteiger partial charge in [-0.05, 0) is 63.1 Å². The number of nitrogens with one attached hydrogen (secondary N) is 1. The van der Waals surface area contributed by atoms with Crippen LogP contribution in [0.3, 0.4) is 0 Å². The average molecular weight is 390 g/mol. The molecule has 2 aliphatic heterocycles. The minimum absolute atomic E-state index is 0.0422. The summed E-state index contributed by atoms with van der Waals surface area (Å²) in [5.74, 6) is -0.175. The number of nitrogens with zero attached hydrogens (tertiary/aromatic N) is 2. The van der Waals surface area contributed by atoms with E-state index < -0.39 is 0 Å². The Morgan fingerprint density at radius 2 is 1.93 bits per heavy atom. The second-order valence-corrected chi connectivity index (χ2v) is 8.53. The fraction of sp³-hybridized carbons (Fsp3) is 0.682. The minimum Gasteiger partial charge on any atom is -0.375 e. The average Bonchev–Trinajstić information content (AvgIpc) is 3.53. The van der Waals surface area contributed by atoms with Crippen LogP contribution in [0.1, 0.15) is 51.0 Å². The van der Waals surface area contributed by atoms with Crippen LogP contribution >= 0.6 is 0 Å². The number of rotatable bonds is 5. The molecule has 1 saturated carbocycles. The molecular weight excluding hydrogens is 357 g/mol. The van der Waals surface area contributed by atoms with E-state index in [1.165, 1.54) is 18.4 Å². The fourth-order valence-electron chi connectivity index (χ4n) is 4.78. The first-order chi connectivity index (χ1) is 13.6. The molecule has 0 aromatic heterocycles. The van der Waals surface area contributed by atoms with Crippen molar-refractivity contribution in [2.24, 2.45) is 0 Å². The molecule has 154 valence electrons. The van der Waals surface area contributed by atoms with E-state index in [9.17, 15) is 9.18 Å². The van der Waals surface area contributed by atoms with Gasteiger partial charge in [-0.25, -0.2) is 9.18 Å². The van der Waals surface area contributed by atoms with Crippen LogP contribution in [-0.4, -0.2) is 59.8 Å². The molecule has 1 N–H and O–H groups in total. The van der Waals surface area contributed by atoms with Crippen LogP contribution in [0.2, 0.25) is 0 Å². The monoisotopic (exact) mass is 389 g/mol.